The van der Waals surface area contributed by atoms with Crippen molar-refractivity contribution in [3.05, 3.63) is 81.8 Å². The van der Waals surface area contributed by atoms with Crippen LogP contribution in [0.1, 0.15) is 16.1 Å². The number of carbonyl (C=O) groups is 1. The topological polar surface area (TPSA) is 90.1 Å². The van der Waals surface area contributed by atoms with Crippen molar-refractivity contribution in [2.75, 3.05) is 5.32 Å². The third kappa shape index (κ3) is 3.37. The van der Waals surface area contributed by atoms with Crippen molar-refractivity contribution in [2.45, 2.75) is 6.92 Å². The summed E-state index contributed by atoms with van der Waals surface area (Å²) < 4.78 is 15.3. The van der Waals surface area contributed by atoms with Crippen molar-refractivity contribution in [3.63, 3.8) is 0 Å². The Hall–Kier alpha value is -3.55. The SMILES string of the molecule is Cc1cc(NC(=O)c2ccc([N+](=O)[O-])cc2)n(-c2ccccc2F)n1. The van der Waals surface area contributed by atoms with E-state index in [0.29, 0.717) is 11.5 Å². The van der Waals surface area contributed by atoms with E-state index in [9.17, 15) is 19.3 Å². The molecule has 0 aliphatic heterocycles. The fraction of sp³-hybridized carbons (Fsp3) is 0.0588. The van der Waals surface area contributed by atoms with Crippen LogP contribution in [-0.4, -0.2) is 20.6 Å². The molecule has 8 heteroatoms. The van der Waals surface area contributed by atoms with Crippen LogP contribution in [0.15, 0.2) is 54.6 Å². The van der Waals surface area contributed by atoms with Crippen LogP contribution in [0.25, 0.3) is 5.69 Å². The second-order valence-corrected chi connectivity index (χ2v) is 5.29. The Kier molecular flexibility index (Phi) is 4.25. The molecule has 0 radical (unpaired) electrons. The van der Waals surface area contributed by atoms with E-state index in [1.165, 1.54) is 35.0 Å². The highest BCUT2D eigenvalue weighted by atomic mass is 19.1. The van der Waals surface area contributed by atoms with E-state index in [4.69, 9.17) is 0 Å². The number of halogens is 1. The highest BCUT2D eigenvalue weighted by molar-refractivity contribution is 6.04. The van der Waals surface area contributed by atoms with Gasteiger partial charge in [0.05, 0.1) is 10.6 Å². The standard InChI is InChI=1S/C17H13FN4O3/c1-11-10-16(21(20-11)15-5-3-2-4-14(15)18)19-17(23)12-6-8-13(9-7-12)22(24)25/h2-10H,1H3,(H,19,23). The average molecular weight is 340 g/mol. The summed E-state index contributed by atoms with van der Waals surface area (Å²) in [5, 5.41) is 17.5. The molecular weight excluding hydrogens is 327 g/mol. The van der Waals surface area contributed by atoms with Crippen LogP contribution in [0.5, 0.6) is 0 Å². The maximum Gasteiger partial charge on any atom is 0.269 e. The molecule has 1 N–H and O–H groups in total. The van der Waals surface area contributed by atoms with Gasteiger partial charge in [0, 0.05) is 23.8 Å². The molecule has 7 nitrogen and oxygen atoms in total. The Bertz CT molecular complexity index is 951. The third-order valence-corrected chi connectivity index (χ3v) is 3.49. The van der Waals surface area contributed by atoms with Gasteiger partial charge in [-0.2, -0.15) is 5.10 Å². The average Bonchev–Trinajstić information content (AvgIpc) is 2.95. The molecule has 0 fully saturated rings. The number of nitrogens with one attached hydrogen (secondary N) is 1. The van der Waals surface area contributed by atoms with E-state index in [0.717, 1.165) is 0 Å². The maximum atomic E-state index is 14.0. The van der Waals surface area contributed by atoms with E-state index in [2.05, 4.69) is 10.4 Å². The summed E-state index contributed by atoms with van der Waals surface area (Å²) >= 11 is 0. The first-order valence-electron chi connectivity index (χ1n) is 7.33. The molecule has 0 saturated carbocycles. The van der Waals surface area contributed by atoms with Gasteiger partial charge in [0.2, 0.25) is 0 Å². The number of hydrogen-bond donors (Lipinski definition) is 1. The van der Waals surface area contributed by atoms with Crippen molar-refractivity contribution in [2.24, 2.45) is 0 Å². The summed E-state index contributed by atoms with van der Waals surface area (Å²) in [6.45, 7) is 1.72. The lowest BCUT2D eigenvalue weighted by atomic mass is 10.2. The molecule has 1 heterocycles. The van der Waals surface area contributed by atoms with Gasteiger partial charge in [-0.05, 0) is 31.2 Å². The van der Waals surface area contributed by atoms with Gasteiger partial charge in [-0.1, -0.05) is 12.1 Å². The molecule has 1 aromatic heterocycles. The molecule has 0 saturated heterocycles. The van der Waals surface area contributed by atoms with E-state index in [1.54, 1.807) is 31.2 Å². The molecule has 0 atom stereocenters. The summed E-state index contributed by atoms with van der Waals surface area (Å²) in [6.07, 6.45) is 0. The first-order chi connectivity index (χ1) is 12.0. The van der Waals surface area contributed by atoms with Crippen molar-refractivity contribution < 1.29 is 14.1 Å². The van der Waals surface area contributed by atoms with Crippen molar-refractivity contribution >= 4 is 17.4 Å². The number of anilines is 1. The first kappa shape index (κ1) is 16.3. The van der Waals surface area contributed by atoms with Crippen LogP contribution in [0.4, 0.5) is 15.9 Å². The summed E-state index contributed by atoms with van der Waals surface area (Å²) in [5.41, 5.74) is 0.935. The van der Waals surface area contributed by atoms with Crippen molar-refractivity contribution in [3.8, 4) is 5.69 Å². The Morgan fingerprint density at radius 3 is 2.52 bits per heavy atom. The number of aryl methyl sites for hydroxylation is 1. The van der Waals surface area contributed by atoms with E-state index < -0.39 is 16.6 Å². The normalized spacial score (nSPS) is 10.5. The molecule has 25 heavy (non-hydrogen) atoms. The Morgan fingerprint density at radius 1 is 1.20 bits per heavy atom. The van der Waals surface area contributed by atoms with Gasteiger partial charge in [0.25, 0.3) is 11.6 Å². The number of benzene rings is 2. The summed E-state index contributed by atoms with van der Waals surface area (Å²) in [7, 11) is 0. The number of carbonyl (C=O) groups excluding carboxylic acids is 1. The monoisotopic (exact) mass is 340 g/mol. The molecular formula is C17H13FN4O3. The lowest BCUT2D eigenvalue weighted by molar-refractivity contribution is -0.384. The quantitative estimate of drug-likeness (QED) is 0.581. The van der Waals surface area contributed by atoms with Crippen LogP contribution in [0, 0.1) is 22.9 Å². The first-order valence-corrected chi connectivity index (χ1v) is 7.33. The molecule has 0 aliphatic carbocycles. The second kappa shape index (κ2) is 6.52. The van der Waals surface area contributed by atoms with Gasteiger partial charge in [-0.15, -0.1) is 0 Å². The van der Waals surface area contributed by atoms with E-state index in [1.807, 2.05) is 0 Å². The smallest absolute Gasteiger partial charge is 0.269 e. The van der Waals surface area contributed by atoms with E-state index >= 15 is 0 Å². The van der Waals surface area contributed by atoms with Crippen molar-refractivity contribution in [1.82, 2.24) is 9.78 Å². The zero-order chi connectivity index (χ0) is 18.0. The van der Waals surface area contributed by atoms with Crippen LogP contribution < -0.4 is 5.32 Å². The van der Waals surface area contributed by atoms with Crippen LogP contribution in [-0.2, 0) is 0 Å². The highest BCUT2D eigenvalue weighted by Gasteiger charge is 2.15. The predicted molar refractivity (Wildman–Crippen MR) is 89.3 cm³/mol. The number of hydrogen-bond acceptors (Lipinski definition) is 4. The molecule has 2 aromatic carbocycles. The fourth-order valence-electron chi connectivity index (χ4n) is 2.32. The fourth-order valence-corrected chi connectivity index (χ4v) is 2.32. The van der Waals surface area contributed by atoms with Gasteiger partial charge >= 0.3 is 0 Å². The lowest BCUT2D eigenvalue weighted by Gasteiger charge is -2.09. The van der Waals surface area contributed by atoms with Crippen LogP contribution in [0.2, 0.25) is 0 Å². The largest absolute Gasteiger partial charge is 0.306 e. The molecule has 3 rings (SSSR count). The van der Waals surface area contributed by atoms with Crippen LogP contribution >= 0.6 is 0 Å². The zero-order valence-electron chi connectivity index (χ0n) is 13.1. The number of amides is 1. The Morgan fingerprint density at radius 2 is 1.88 bits per heavy atom. The van der Waals surface area contributed by atoms with Gasteiger partial charge < -0.3 is 5.32 Å². The second-order valence-electron chi connectivity index (χ2n) is 5.29. The van der Waals surface area contributed by atoms with Gasteiger partial charge in [-0.25, -0.2) is 9.07 Å². The molecule has 0 aliphatic rings. The Balaban J connectivity index is 1.89. The van der Waals surface area contributed by atoms with Crippen LogP contribution in [0.3, 0.4) is 0 Å². The number of rotatable bonds is 4. The van der Waals surface area contributed by atoms with Gasteiger partial charge in [-0.3, -0.25) is 14.9 Å². The number of non-ortho nitro benzene ring substituents is 1. The minimum Gasteiger partial charge on any atom is -0.306 e. The highest BCUT2D eigenvalue weighted by Crippen LogP contribution is 2.20. The molecule has 1 amide bonds. The number of para-hydroxylation sites is 1. The molecule has 0 spiro atoms. The minimum atomic E-state index is -0.543. The third-order valence-electron chi connectivity index (χ3n) is 3.49. The lowest BCUT2D eigenvalue weighted by Crippen LogP contribution is -2.15. The van der Waals surface area contributed by atoms with Crippen molar-refractivity contribution in [1.29, 1.82) is 0 Å². The maximum absolute atomic E-state index is 14.0. The summed E-state index contributed by atoms with van der Waals surface area (Å²) in [6, 6.07) is 12.9. The minimum absolute atomic E-state index is 0.108. The van der Waals surface area contributed by atoms with E-state index in [-0.39, 0.29) is 16.9 Å². The molecule has 126 valence electrons. The zero-order valence-corrected chi connectivity index (χ0v) is 13.1. The number of nitro benzene ring substituents is 1. The number of nitro groups is 1. The summed E-state index contributed by atoms with van der Waals surface area (Å²) in [5.74, 6) is -0.658. The van der Waals surface area contributed by atoms with Gasteiger partial charge in [0.1, 0.15) is 17.3 Å². The molecule has 3 aromatic rings. The van der Waals surface area contributed by atoms with Gasteiger partial charge in [0.15, 0.2) is 0 Å². The summed E-state index contributed by atoms with van der Waals surface area (Å²) in [4.78, 5) is 22.5. The molecule has 0 bridgehead atoms. The predicted octanol–water partition coefficient (Wildman–Crippen LogP) is 3.48. The number of nitrogens with zero attached hydrogens (tertiary/aromatic N) is 3. The number of aromatic nitrogens is 2. The Labute approximate surface area is 141 Å². The molecule has 0 unspecified atom stereocenters.